The highest BCUT2D eigenvalue weighted by Gasteiger charge is 2.53. The molecule has 4 rings (SSSR count). The van der Waals surface area contributed by atoms with Gasteiger partial charge in [-0.25, -0.2) is 4.39 Å². The zero-order chi connectivity index (χ0) is 17.8. The topological polar surface area (TPSA) is 59.6 Å². The number of hydrogen-bond donors (Lipinski definition) is 2. The molecule has 2 aliphatic carbocycles. The van der Waals surface area contributed by atoms with Gasteiger partial charge < -0.3 is 15.8 Å². The molecule has 25 heavy (non-hydrogen) atoms. The van der Waals surface area contributed by atoms with E-state index < -0.39 is 5.54 Å². The van der Waals surface area contributed by atoms with Crippen molar-refractivity contribution in [3.8, 4) is 0 Å². The molecule has 1 aromatic rings. The van der Waals surface area contributed by atoms with Gasteiger partial charge in [0.05, 0.1) is 6.61 Å². The molecule has 1 heterocycles. The Morgan fingerprint density at radius 3 is 2.72 bits per heavy atom. The van der Waals surface area contributed by atoms with Crippen molar-refractivity contribution in [1.29, 1.82) is 0 Å². The Bertz CT molecular complexity index is 717. The molecule has 0 unspecified atom stereocenters. The van der Waals surface area contributed by atoms with E-state index in [1.165, 1.54) is 25.3 Å². The molecule has 0 aromatic heterocycles. The number of nitrogens with one attached hydrogen (secondary N) is 1. The fourth-order valence-electron chi connectivity index (χ4n) is 5.31. The van der Waals surface area contributed by atoms with Gasteiger partial charge in [-0.2, -0.15) is 0 Å². The van der Waals surface area contributed by atoms with Crippen molar-refractivity contribution in [2.75, 3.05) is 18.5 Å². The predicted molar refractivity (Wildman–Crippen MR) is 98.2 cm³/mol. The fraction of sp³-hybridized carbons (Fsp3) is 0.650. The van der Waals surface area contributed by atoms with Crippen LogP contribution in [0.3, 0.4) is 0 Å². The number of amidine groups is 1. The molecule has 5 heteroatoms. The summed E-state index contributed by atoms with van der Waals surface area (Å²) in [5.41, 5.74) is 6.97. The van der Waals surface area contributed by atoms with Crippen LogP contribution in [0, 0.1) is 23.1 Å². The minimum atomic E-state index is -0.766. The van der Waals surface area contributed by atoms with Crippen molar-refractivity contribution in [3.63, 3.8) is 0 Å². The van der Waals surface area contributed by atoms with E-state index in [9.17, 15) is 4.39 Å². The average molecular weight is 345 g/mol. The summed E-state index contributed by atoms with van der Waals surface area (Å²) in [6.45, 7) is 7.32. The lowest BCUT2D eigenvalue weighted by molar-refractivity contribution is 0.104. The van der Waals surface area contributed by atoms with Crippen LogP contribution in [0.5, 0.6) is 0 Å². The van der Waals surface area contributed by atoms with E-state index >= 15 is 0 Å². The number of nitrogens with zero attached hydrogens (tertiary/aromatic N) is 1. The zero-order valence-electron chi connectivity index (χ0n) is 15.3. The van der Waals surface area contributed by atoms with Crippen molar-refractivity contribution in [3.05, 3.63) is 29.6 Å². The zero-order valence-corrected chi connectivity index (χ0v) is 15.3. The first-order valence-electron chi connectivity index (χ1n) is 9.28. The summed E-state index contributed by atoms with van der Waals surface area (Å²) >= 11 is 0. The monoisotopic (exact) mass is 345 g/mol. The summed E-state index contributed by atoms with van der Waals surface area (Å²) in [6.07, 6.45) is 3.83. The molecular weight excluding hydrogens is 317 g/mol. The minimum absolute atomic E-state index is 0.261. The van der Waals surface area contributed by atoms with Crippen LogP contribution in [-0.2, 0) is 10.3 Å². The molecule has 0 amide bonds. The van der Waals surface area contributed by atoms with Crippen LogP contribution in [0.2, 0.25) is 0 Å². The van der Waals surface area contributed by atoms with E-state index in [4.69, 9.17) is 10.5 Å². The maximum Gasteiger partial charge on any atom is 0.129 e. The molecule has 3 N–H and O–H groups in total. The average Bonchev–Trinajstić information content (AvgIpc) is 2.96. The first kappa shape index (κ1) is 16.8. The second kappa shape index (κ2) is 5.70. The number of anilines is 1. The summed E-state index contributed by atoms with van der Waals surface area (Å²) < 4.78 is 20.0. The van der Waals surface area contributed by atoms with E-state index in [1.54, 1.807) is 0 Å². The highest BCUT2D eigenvalue weighted by Crippen LogP contribution is 2.58. The summed E-state index contributed by atoms with van der Waals surface area (Å²) in [5.74, 6) is 1.64. The standard InChI is InChI=1S/C20H28FN3O/c1-19(2)12-4-6-14(19)17(8-12)23-13-5-7-16(21)15(9-13)20(3)11-25-10-18(22)24-20/h5,7,9,12,14,17,23H,4,6,8,10-11H2,1-3H3,(H2,22,24)/t12-,14+,17-,20-/m0/s1. The molecule has 3 aliphatic rings. The van der Waals surface area contributed by atoms with Gasteiger partial charge in [0.25, 0.3) is 0 Å². The molecule has 0 saturated heterocycles. The molecule has 1 aromatic carbocycles. The van der Waals surface area contributed by atoms with E-state index in [1.807, 2.05) is 19.1 Å². The smallest absolute Gasteiger partial charge is 0.129 e. The normalized spacial score (nSPS) is 36.3. The highest BCUT2D eigenvalue weighted by atomic mass is 19.1. The van der Waals surface area contributed by atoms with Gasteiger partial charge in [-0.1, -0.05) is 13.8 Å². The summed E-state index contributed by atoms with van der Waals surface area (Å²) in [7, 11) is 0. The lowest BCUT2D eigenvalue weighted by Gasteiger charge is -2.31. The Kier molecular flexibility index (Phi) is 3.83. The number of hydrogen-bond acceptors (Lipinski definition) is 4. The molecule has 2 fully saturated rings. The molecule has 0 radical (unpaired) electrons. The van der Waals surface area contributed by atoms with Crippen LogP contribution in [0.15, 0.2) is 23.2 Å². The van der Waals surface area contributed by atoms with Crippen LogP contribution in [0.1, 0.15) is 45.6 Å². The number of aliphatic imine (C=N–C) groups is 1. The third-order valence-electron chi connectivity index (χ3n) is 6.78. The fourth-order valence-corrected chi connectivity index (χ4v) is 5.31. The molecule has 136 valence electrons. The van der Waals surface area contributed by atoms with Gasteiger partial charge in [0.2, 0.25) is 0 Å². The number of rotatable bonds is 3. The summed E-state index contributed by atoms with van der Waals surface area (Å²) in [4.78, 5) is 4.48. The van der Waals surface area contributed by atoms with Crippen LogP contribution in [0.25, 0.3) is 0 Å². The Labute approximate surface area is 149 Å². The van der Waals surface area contributed by atoms with Gasteiger partial charge in [0.1, 0.15) is 23.8 Å². The van der Waals surface area contributed by atoms with E-state index in [2.05, 4.69) is 24.2 Å². The van der Waals surface area contributed by atoms with Crippen molar-refractivity contribution < 1.29 is 9.13 Å². The Hall–Kier alpha value is -1.62. The third-order valence-corrected chi connectivity index (χ3v) is 6.78. The van der Waals surface area contributed by atoms with Crippen LogP contribution >= 0.6 is 0 Å². The molecule has 2 saturated carbocycles. The second-order valence-electron chi connectivity index (χ2n) is 8.75. The Balaban J connectivity index is 1.60. The lowest BCUT2D eigenvalue weighted by atomic mass is 9.81. The Morgan fingerprint density at radius 1 is 1.28 bits per heavy atom. The molecule has 0 spiro atoms. The maximum absolute atomic E-state index is 14.5. The Morgan fingerprint density at radius 2 is 2.08 bits per heavy atom. The van der Waals surface area contributed by atoms with Crippen molar-refractivity contribution in [2.24, 2.45) is 28.0 Å². The summed E-state index contributed by atoms with van der Waals surface area (Å²) in [6, 6.07) is 5.72. The molecule has 2 bridgehead atoms. The van der Waals surface area contributed by atoms with Crippen molar-refractivity contribution in [2.45, 2.75) is 51.6 Å². The van der Waals surface area contributed by atoms with E-state index in [0.717, 1.165) is 11.6 Å². The molecule has 4 nitrogen and oxygen atoms in total. The van der Waals surface area contributed by atoms with E-state index in [0.29, 0.717) is 42.0 Å². The maximum atomic E-state index is 14.5. The van der Waals surface area contributed by atoms with Crippen molar-refractivity contribution in [1.82, 2.24) is 0 Å². The quantitative estimate of drug-likeness (QED) is 0.879. The number of benzene rings is 1. The van der Waals surface area contributed by atoms with Gasteiger partial charge in [0.15, 0.2) is 0 Å². The van der Waals surface area contributed by atoms with Crippen molar-refractivity contribution >= 4 is 11.5 Å². The first-order valence-corrected chi connectivity index (χ1v) is 9.28. The number of fused-ring (bicyclic) bond motifs is 2. The largest absolute Gasteiger partial charge is 0.386 e. The van der Waals surface area contributed by atoms with Crippen LogP contribution < -0.4 is 11.1 Å². The van der Waals surface area contributed by atoms with Gasteiger partial charge >= 0.3 is 0 Å². The van der Waals surface area contributed by atoms with Gasteiger partial charge in [-0.15, -0.1) is 0 Å². The minimum Gasteiger partial charge on any atom is -0.386 e. The number of ether oxygens (including phenoxy) is 1. The van der Waals surface area contributed by atoms with E-state index in [-0.39, 0.29) is 5.82 Å². The van der Waals surface area contributed by atoms with Gasteiger partial charge in [-0.3, -0.25) is 4.99 Å². The highest BCUT2D eigenvalue weighted by molar-refractivity contribution is 5.82. The molecule has 4 atom stereocenters. The molecular formula is C20H28FN3O. The number of nitrogens with two attached hydrogens (primary N) is 1. The SMILES string of the molecule is CC1(C)[C@H]2CC[C@@H]1[C@@H](Nc1ccc(F)c([C@]3(C)COCC(N)=N3)c1)C2. The third kappa shape index (κ3) is 2.73. The van der Waals surface area contributed by atoms with Crippen LogP contribution in [0.4, 0.5) is 10.1 Å². The van der Waals surface area contributed by atoms with Crippen LogP contribution in [-0.4, -0.2) is 25.1 Å². The number of halogens is 1. The lowest BCUT2D eigenvalue weighted by Crippen LogP contribution is -2.38. The second-order valence-corrected chi connectivity index (χ2v) is 8.75. The van der Waals surface area contributed by atoms with Gasteiger partial charge in [0, 0.05) is 17.3 Å². The van der Waals surface area contributed by atoms with Gasteiger partial charge in [-0.05, 0) is 61.6 Å². The first-order chi connectivity index (χ1) is 11.8. The predicted octanol–water partition coefficient (Wildman–Crippen LogP) is 3.66. The molecule has 1 aliphatic heterocycles. The summed E-state index contributed by atoms with van der Waals surface area (Å²) in [5, 5.41) is 3.68.